The molecule has 0 amide bonds. The first-order valence-corrected chi connectivity index (χ1v) is 4.62. The molecule has 1 N–H and O–H groups in total. The predicted octanol–water partition coefficient (Wildman–Crippen LogP) is 2.06. The smallest absolute Gasteiger partial charge is 0.0770 e. The lowest BCUT2D eigenvalue weighted by molar-refractivity contribution is 0.321. The van der Waals surface area contributed by atoms with E-state index < -0.39 is 0 Å². The number of nitrogens with zero attached hydrogens (tertiary/aromatic N) is 3. The van der Waals surface area contributed by atoms with Crippen molar-refractivity contribution >= 4 is 6.21 Å². The van der Waals surface area contributed by atoms with Crippen molar-refractivity contribution in [3.05, 3.63) is 17.0 Å². The molecule has 0 saturated heterocycles. The Morgan fingerprint density at radius 1 is 1.36 bits per heavy atom. The molecule has 0 aliphatic heterocycles. The van der Waals surface area contributed by atoms with Crippen molar-refractivity contribution in [3.63, 3.8) is 0 Å². The van der Waals surface area contributed by atoms with E-state index in [-0.39, 0.29) is 5.54 Å². The molecule has 0 bridgehead atoms. The van der Waals surface area contributed by atoms with Gasteiger partial charge in [0.2, 0.25) is 0 Å². The van der Waals surface area contributed by atoms with E-state index in [2.05, 4.69) is 31.0 Å². The van der Waals surface area contributed by atoms with Crippen molar-refractivity contribution in [1.82, 2.24) is 9.78 Å². The quantitative estimate of drug-likeness (QED) is 0.423. The fourth-order valence-electron chi connectivity index (χ4n) is 1.55. The van der Waals surface area contributed by atoms with E-state index in [4.69, 9.17) is 5.21 Å². The first-order valence-electron chi connectivity index (χ1n) is 4.62. The molecule has 0 saturated carbocycles. The van der Waals surface area contributed by atoms with Gasteiger partial charge in [0.05, 0.1) is 17.4 Å². The SMILES string of the molecule is Cc1nn(C(C)(C)C)c(C)c1C=NO. The van der Waals surface area contributed by atoms with Crippen LogP contribution in [0.1, 0.15) is 37.7 Å². The van der Waals surface area contributed by atoms with Gasteiger partial charge in [-0.1, -0.05) is 5.16 Å². The van der Waals surface area contributed by atoms with Gasteiger partial charge in [0, 0.05) is 11.3 Å². The second-order valence-electron chi connectivity index (χ2n) is 4.41. The van der Waals surface area contributed by atoms with Gasteiger partial charge >= 0.3 is 0 Å². The van der Waals surface area contributed by atoms with E-state index >= 15 is 0 Å². The molecule has 1 heterocycles. The first kappa shape index (κ1) is 10.8. The van der Waals surface area contributed by atoms with Crippen LogP contribution in [0, 0.1) is 13.8 Å². The Balaban J connectivity index is 3.31. The average molecular weight is 195 g/mol. The molecule has 1 rings (SSSR count). The number of rotatable bonds is 1. The molecular weight excluding hydrogens is 178 g/mol. The number of hydrogen-bond acceptors (Lipinski definition) is 3. The van der Waals surface area contributed by atoms with Gasteiger partial charge < -0.3 is 5.21 Å². The summed E-state index contributed by atoms with van der Waals surface area (Å²) in [4.78, 5) is 0. The summed E-state index contributed by atoms with van der Waals surface area (Å²) in [7, 11) is 0. The Morgan fingerprint density at radius 3 is 2.29 bits per heavy atom. The molecule has 0 unspecified atom stereocenters. The van der Waals surface area contributed by atoms with Gasteiger partial charge in [-0.25, -0.2) is 0 Å². The molecule has 0 spiro atoms. The van der Waals surface area contributed by atoms with Crippen molar-refractivity contribution < 1.29 is 5.21 Å². The second kappa shape index (κ2) is 3.44. The minimum absolute atomic E-state index is 0.0452. The number of aryl methyl sites for hydroxylation is 1. The highest BCUT2D eigenvalue weighted by Crippen LogP contribution is 2.19. The van der Waals surface area contributed by atoms with E-state index in [9.17, 15) is 0 Å². The molecule has 0 aliphatic rings. The zero-order valence-corrected chi connectivity index (χ0v) is 9.37. The molecule has 0 aromatic carbocycles. The minimum atomic E-state index is -0.0452. The molecule has 0 radical (unpaired) electrons. The van der Waals surface area contributed by atoms with Crippen molar-refractivity contribution in [3.8, 4) is 0 Å². The molecule has 78 valence electrons. The summed E-state index contributed by atoms with van der Waals surface area (Å²) in [6.07, 6.45) is 1.43. The third-order valence-corrected chi connectivity index (χ3v) is 2.17. The molecular formula is C10H17N3O. The normalized spacial score (nSPS) is 12.6. The lowest BCUT2D eigenvalue weighted by atomic mass is 10.1. The van der Waals surface area contributed by atoms with E-state index in [1.54, 1.807) is 0 Å². The standard InChI is InChI=1S/C10H17N3O/c1-7-9(6-11-14)8(2)13(12-7)10(3,4)5/h6,14H,1-5H3. The van der Waals surface area contributed by atoms with E-state index in [0.717, 1.165) is 17.0 Å². The van der Waals surface area contributed by atoms with Crippen molar-refractivity contribution in [2.24, 2.45) is 5.16 Å². The summed E-state index contributed by atoms with van der Waals surface area (Å²) < 4.78 is 1.94. The van der Waals surface area contributed by atoms with Gasteiger partial charge in [-0.2, -0.15) is 5.10 Å². The molecule has 4 nitrogen and oxygen atoms in total. The largest absolute Gasteiger partial charge is 0.411 e. The lowest BCUT2D eigenvalue weighted by Crippen LogP contribution is -2.24. The Bertz CT molecular complexity index is 358. The fourth-order valence-corrected chi connectivity index (χ4v) is 1.55. The maximum Gasteiger partial charge on any atom is 0.0770 e. The summed E-state index contributed by atoms with van der Waals surface area (Å²) in [5.41, 5.74) is 2.75. The van der Waals surface area contributed by atoms with Crippen LogP contribution in [0.25, 0.3) is 0 Å². The van der Waals surface area contributed by atoms with Crippen LogP contribution in [-0.2, 0) is 5.54 Å². The molecule has 1 aromatic rings. The van der Waals surface area contributed by atoms with Crippen molar-refractivity contribution in [1.29, 1.82) is 0 Å². The van der Waals surface area contributed by atoms with Crippen LogP contribution in [0.2, 0.25) is 0 Å². The van der Waals surface area contributed by atoms with E-state index in [0.29, 0.717) is 0 Å². The van der Waals surface area contributed by atoms with Crippen molar-refractivity contribution in [2.75, 3.05) is 0 Å². The summed E-state index contributed by atoms with van der Waals surface area (Å²) >= 11 is 0. The van der Waals surface area contributed by atoms with Gasteiger partial charge in [-0.15, -0.1) is 0 Å². The Morgan fingerprint density at radius 2 is 1.93 bits per heavy atom. The van der Waals surface area contributed by atoms with Crippen LogP contribution in [0.3, 0.4) is 0 Å². The van der Waals surface area contributed by atoms with Gasteiger partial charge in [0.15, 0.2) is 0 Å². The van der Waals surface area contributed by atoms with Crippen LogP contribution in [0.4, 0.5) is 0 Å². The third-order valence-electron chi connectivity index (χ3n) is 2.17. The number of oxime groups is 1. The van der Waals surface area contributed by atoms with Crippen LogP contribution in [0.15, 0.2) is 5.16 Å². The summed E-state index contributed by atoms with van der Waals surface area (Å²) in [6, 6.07) is 0. The molecule has 0 atom stereocenters. The highest BCUT2D eigenvalue weighted by atomic mass is 16.4. The molecule has 14 heavy (non-hydrogen) atoms. The molecule has 0 fully saturated rings. The van der Waals surface area contributed by atoms with E-state index in [1.165, 1.54) is 6.21 Å². The van der Waals surface area contributed by atoms with Gasteiger partial charge in [0.1, 0.15) is 0 Å². The fraction of sp³-hybridized carbons (Fsp3) is 0.600. The van der Waals surface area contributed by atoms with E-state index in [1.807, 2.05) is 18.5 Å². The average Bonchev–Trinajstić information content (AvgIpc) is 2.31. The summed E-state index contributed by atoms with van der Waals surface area (Å²) in [5, 5.41) is 16.0. The minimum Gasteiger partial charge on any atom is -0.411 e. The maximum atomic E-state index is 8.51. The first-order chi connectivity index (χ1) is 6.38. The van der Waals surface area contributed by atoms with Crippen LogP contribution >= 0.6 is 0 Å². The monoisotopic (exact) mass is 195 g/mol. The number of aromatic nitrogens is 2. The highest BCUT2D eigenvalue weighted by Gasteiger charge is 2.19. The topological polar surface area (TPSA) is 50.4 Å². The third kappa shape index (κ3) is 1.78. The van der Waals surface area contributed by atoms with Gasteiger partial charge in [-0.05, 0) is 34.6 Å². The Labute approximate surface area is 84.2 Å². The lowest BCUT2D eigenvalue weighted by Gasteiger charge is -2.21. The predicted molar refractivity (Wildman–Crippen MR) is 56.1 cm³/mol. The molecule has 1 aromatic heterocycles. The van der Waals surface area contributed by atoms with Crippen LogP contribution in [0.5, 0.6) is 0 Å². The summed E-state index contributed by atoms with van der Waals surface area (Å²) in [5.74, 6) is 0. The molecule has 4 heteroatoms. The van der Waals surface area contributed by atoms with Gasteiger partial charge in [-0.3, -0.25) is 4.68 Å². The summed E-state index contributed by atoms with van der Waals surface area (Å²) in [6.45, 7) is 10.2. The Kier molecular flexibility index (Phi) is 2.64. The zero-order chi connectivity index (χ0) is 10.9. The van der Waals surface area contributed by atoms with Crippen molar-refractivity contribution in [2.45, 2.75) is 40.2 Å². The Hall–Kier alpha value is -1.32. The van der Waals surface area contributed by atoms with Crippen LogP contribution < -0.4 is 0 Å². The second-order valence-corrected chi connectivity index (χ2v) is 4.41. The van der Waals surface area contributed by atoms with Crippen LogP contribution in [-0.4, -0.2) is 21.2 Å². The maximum absolute atomic E-state index is 8.51. The van der Waals surface area contributed by atoms with Gasteiger partial charge in [0.25, 0.3) is 0 Å². The highest BCUT2D eigenvalue weighted by molar-refractivity contribution is 5.82. The number of hydrogen-bond donors (Lipinski definition) is 1. The molecule has 0 aliphatic carbocycles. The zero-order valence-electron chi connectivity index (χ0n) is 9.37.